The first kappa shape index (κ1) is 20.4. The Hall–Kier alpha value is -2.85. The minimum Gasteiger partial charge on any atom is -0.481 e. The summed E-state index contributed by atoms with van der Waals surface area (Å²) in [5.74, 6) is 0.427. The zero-order valence-electron chi connectivity index (χ0n) is 17.1. The van der Waals surface area contributed by atoms with E-state index < -0.39 is 6.10 Å². The first-order valence-electron chi connectivity index (χ1n) is 10.5. The first-order chi connectivity index (χ1) is 14.6. The predicted octanol–water partition coefficient (Wildman–Crippen LogP) is 4.42. The number of thiophene rings is 1. The van der Waals surface area contributed by atoms with Gasteiger partial charge in [-0.15, -0.1) is 11.3 Å². The molecule has 1 atom stereocenters. The van der Waals surface area contributed by atoms with E-state index >= 15 is 0 Å². The Bertz CT molecular complexity index is 990. The van der Waals surface area contributed by atoms with Crippen LogP contribution in [0.25, 0.3) is 0 Å². The van der Waals surface area contributed by atoms with Crippen LogP contribution in [0.15, 0.2) is 24.3 Å². The molecule has 1 aromatic heterocycles. The van der Waals surface area contributed by atoms with Gasteiger partial charge in [-0.2, -0.15) is 5.26 Å². The number of nitriles is 1. The summed E-state index contributed by atoms with van der Waals surface area (Å²) in [6, 6.07) is 9.52. The molecule has 30 heavy (non-hydrogen) atoms. The highest BCUT2D eigenvalue weighted by molar-refractivity contribution is 7.16. The lowest BCUT2D eigenvalue weighted by molar-refractivity contribution is -0.122. The van der Waals surface area contributed by atoms with Gasteiger partial charge in [0, 0.05) is 23.5 Å². The fourth-order valence-corrected chi connectivity index (χ4v) is 5.29. The minimum absolute atomic E-state index is 0.138. The van der Waals surface area contributed by atoms with Gasteiger partial charge in [0.05, 0.1) is 5.56 Å². The lowest BCUT2D eigenvalue weighted by atomic mass is 10.1. The second-order valence-electron chi connectivity index (χ2n) is 7.77. The van der Waals surface area contributed by atoms with Crippen molar-refractivity contribution in [2.75, 3.05) is 16.8 Å². The number of nitrogens with zero attached hydrogens (tertiary/aromatic N) is 2. The molecule has 2 heterocycles. The third-order valence-electron chi connectivity index (χ3n) is 5.67. The first-order valence-corrected chi connectivity index (χ1v) is 11.3. The molecule has 1 fully saturated rings. The van der Waals surface area contributed by atoms with Gasteiger partial charge in [-0.3, -0.25) is 9.59 Å². The van der Waals surface area contributed by atoms with Gasteiger partial charge in [0.1, 0.15) is 16.8 Å². The number of carbonyl (C=O) groups is 2. The van der Waals surface area contributed by atoms with Crippen LogP contribution in [0.4, 0.5) is 10.7 Å². The molecule has 156 valence electrons. The fourth-order valence-electron chi connectivity index (χ4n) is 4.05. The number of hydrogen-bond donors (Lipinski definition) is 1. The van der Waals surface area contributed by atoms with Gasteiger partial charge < -0.3 is 15.0 Å². The predicted molar refractivity (Wildman–Crippen MR) is 117 cm³/mol. The number of hydrogen-bond acceptors (Lipinski definition) is 5. The number of benzene rings is 1. The highest BCUT2D eigenvalue weighted by atomic mass is 32.1. The van der Waals surface area contributed by atoms with Crippen LogP contribution in [0.2, 0.25) is 0 Å². The monoisotopic (exact) mass is 423 g/mol. The number of aryl methyl sites for hydroxylation is 1. The fraction of sp³-hybridized carbons (Fsp3) is 0.435. The molecular weight excluding hydrogens is 398 g/mol. The Morgan fingerprint density at radius 3 is 2.63 bits per heavy atom. The number of anilines is 2. The quantitative estimate of drug-likeness (QED) is 0.722. The standard InChI is InChI=1S/C23H25N3O3S/c1-15(29-17-11-9-16(10-12-17)26-13-5-8-21(26)27)22(28)25-23-19(14-24)18-6-3-2-4-7-20(18)30-23/h9-12,15H,2-8,13H2,1H3,(H,25,28). The average molecular weight is 424 g/mol. The Kier molecular flexibility index (Phi) is 6.05. The van der Waals surface area contributed by atoms with Crippen molar-refractivity contribution in [2.24, 2.45) is 0 Å². The zero-order valence-corrected chi connectivity index (χ0v) is 17.9. The Morgan fingerprint density at radius 1 is 1.17 bits per heavy atom. The van der Waals surface area contributed by atoms with E-state index in [1.807, 2.05) is 12.1 Å². The lowest BCUT2D eigenvalue weighted by Gasteiger charge is -2.17. The van der Waals surface area contributed by atoms with Crippen molar-refractivity contribution in [2.45, 2.75) is 58.0 Å². The SMILES string of the molecule is CC(Oc1ccc(N2CCCC2=O)cc1)C(=O)Nc1sc2c(c1C#N)CCCCC2. The third-order valence-corrected chi connectivity index (χ3v) is 6.88. The molecule has 0 saturated carbocycles. The van der Waals surface area contributed by atoms with Gasteiger partial charge in [-0.1, -0.05) is 6.42 Å². The summed E-state index contributed by atoms with van der Waals surface area (Å²) in [6.07, 6.45) is 6.04. The summed E-state index contributed by atoms with van der Waals surface area (Å²) in [4.78, 5) is 27.5. The van der Waals surface area contributed by atoms with E-state index in [-0.39, 0.29) is 11.8 Å². The van der Waals surface area contributed by atoms with E-state index in [1.165, 1.54) is 22.6 Å². The van der Waals surface area contributed by atoms with Crippen LogP contribution in [-0.4, -0.2) is 24.5 Å². The van der Waals surface area contributed by atoms with E-state index in [9.17, 15) is 14.9 Å². The van der Waals surface area contributed by atoms with Gasteiger partial charge in [0.15, 0.2) is 6.10 Å². The molecule has 1 saturated heterocycles. The molecule has 0 spiro atoms. The van der Waals surface area contributed by atoms with E-state index in [1.54, 1.807) is 24.0 Å². The van der Waals surface area contributed by atoms with E-state index in [2.05, 4.69) is 11.4 Å². The van der Waals surface area contributed by atoms with Crippen LogP contribution in [-0.2, 0) is 22.4 Å². The average Bonchev–Trinajstić information content (AvgIpc) is 3.23. The number of rotatable bonds is 5. The maximum Gasteiger partial charge on any atom is 0.265 e. The molecule has 0 bridgehead atoms. The highest BCUT2D eigenvalue weighted by Crippen LogP contribution is 2.37. The Morgan fingerprint density at radius 2 is 1.93 bits per heavy atom. The second kappa shape index (κ2) is 8.88. The molecule has 6 nitrogen and oxygen atoms in total. The van der Waals surface area contributed by atoms with Crippen molar-refractivity contribution in [3.8, 4) is 11.8 Å². The molecule has 4 rings (SSSR count). The molecule has 1 unspecified atom stereocenters. The summed E-state index contributed by atoms with van der Waals surface area (Å²) in [6.45, 7) is 2.43. The van der Waals surface area contributed by atoms with E-state index in [4.69, 9.17) is 4.74 Å². The molecule has 2 aromatic rings. The summed E-state index contributed by atoms with van der Waals surface area (Å²) >= 11 is 1.52. The van der Waals surface area contributed by atoms with Crippen molar-refractivity contribution in [1.82, 2.24) is 0 Å². The van der Waals surface area contributed by atoms with E-state index in [0.717, 1.165) is 49.9 Å². The normalized spacial score (nSPS) is 17.1. The van der Waals surface area contributed by atoms with Crippen molar-refractivity contribution >= 4 is 33.8 Å². The van der Waals surface area contributed by atoms with E-state index in [0.29, 0.717) is 22.7 Å². The molecular formula is C23H25N3O3S. The van der Waals surface area contributed by atoms with Crippen LogP contribution >= 0.6 is 11.3 Å². The topological polar surface area (TPSA) is 82.4 Å². The number of fused-ring (bicyclic) bond motifs is 1. The number of carbonyl (C=O) groups excluding carboxylic acids is 2. The van der Waals surface area contributed by atoms with Crippen molar-refractivity contribution < 1.29 is 14.3 Å². The molecule has 1 aromatic carbocycles. The van der Waals surface area contributed by atoms with Crippen LogP contribution in [0.3, 0.4) is 0 Å². The van der Waals surface area contributed by atoms with Gasteiger partial charge >= 0.3 is 0 Å². The third kappa shape index (κ3) is 4.19. The molecule has 2 amide bonds. The second-order valence-corrected chi connectivity index (χ2v) is 8.88. The number of nitrogens with one attached hydrogen (secondary N) is 1. The Labute approximate surface area is 180 Å². The largest absolute Gasteiger partial charge is 0.481 e. The van der Waals surface area contributed by atoms with Crippen LogP contribution in [0, 0.1) is 11.3 Å². The van der Waals surface area contributed by atoms with Crippen molar-refractivity contribution in [3.05, 3.63) is 40.3 Å². The van der Waals surface area contributed by atoms with Crippen LogP contribution < -0.4 is 15.0 Å². The van der Waals surface area contributed by atoms with Crippen molar-refractivity contribution in [1.29, 1.82) is 5.26 Å². The molecule has 0 radical (unpaired) electrons. The summed E-state index contributed by atoms with van der Waals surface area (Å²) in [7, 11) is 0. The summed E-state index contributed by atoms with van der Waals surface area (Å²) in [5, 5.41) is 13.2. The molecule has 1 N–H and O–H groups in total. The van der Waals surface area contributed by atoms with Gasteiger partial charge in [0.2, 0.25) is 5.91 Å². The van der Waals surface area contributed by atoms with Gasteiger partial charge in [0.25, 0.3) is 5.91 Å². The highest BCUT2D eigenvalue weighted by Gasteiger charge is 2.24. The zero-order chi connectivity index (χ0) is 21.1. The smallest absolute Gasteiger partial charge is 0.265 e. The van der Waals surface area contributed by atoms with Crippen LogP contribution in [0.1, 0.15) is 55.0 Å². The molecule has 1 aliphatic heterocycles. The maximum absolute atomic E-state index is 12.7. The lowest BCUT2D eigenvalue weighted by Crippen LogP contribution is -2.30. The Balaban J connectivity index is 1.41. The number of ether oxygens (including phenoxy) is 1. The maximum atomic E-state index is 12.7. The summed E-state index contributed by atoms with van der Waals surface area (Å²) in [5.41, 5.74) is 2.56. The van der Waals surface area contributed by atoms with Gasteiger partial charge in [-0.25, -0.2) is 0 Å². The number of amides is 2. The molecule has 7 heteroatoms. The summed E-state index contributed by atoms with van der Waals surface area (Å²) < 4.78 is 5.79. The van der Waals surface area contributed by atoms with Crippen molar-refractivity contribution in [3.63, 3.8) is 0 Å². The molecule has 1 aliphatic carbocycles. The van der Waals surface area contributed by atoms with Crippen LogP contribution in [0.5, 0.6) is 5.75 Å². The van der Waals surface area contributed by atoms with Gasteiger partial charge in [-0.05, 0) is 68.9 Å². The molecule has 2 aliphatic rings. The minimum atomic E-state index is -0.710.